The molecule has 0 heterocycles. The highest BCUT2D eigenvalue weighted by atomic mass is 16.1. The smallest absolute Gasteiger partial charge is 0.152 e. The first-order chi connectivity index (χ1) is 5.77. The van der Waals surface area contributed by atoms with E-state index in [2.05, 4.69) is 12.7 Å². The van der Waals surface area contributed by atoms with Crippen molar-refractivity contribution in [2.45, 2.75) is 39.5 Å². The van der Waals surface area contributed by atoms with Crippen LogP contribution in [0.15, 0.2) is 12.2 Å². The van der Waals surface area contributed by atoms with Gasteiger partial charge < -0.3 is 5.73 Å². The van der Waals surface area contributed by atoms with E-state index in [4.69, 9.17) is 0 Å². The molecule has 0 rings (SSSR count). The minimum Gasteiger partial charge on any atom is -0.333 e. The Balaban J connectivity index is 0. The molecule has 0 atom stereocenters. The van der Waals surface area contributed by atoms with Crippen LogP contribution in [0.1, 0.15) is 39.5 Å². The van der Waals surface area contributed by atoms with Crippen molar-refractivity contribution in [2.24, 2.45) is 5.73 Å². The van der Waals surface area contributed by atoms with Crippen LogP contribution in [0.4, 0.5) is 0 Å². The molecule has 0 radical (unpaired) electrons. The average molecular weight is 171 g/mol. The number of hydrogen-bond donors (Lipinski definition) is 1. The van der Waals surface area contributed by atoms with Gasteiger partial charge in [-0.25, -0.2) is 0 Å². The summed E-state index contributed by atoms with van der Waals surface area (Å²) in [6.07, 6.45) is 8.37. The highest BCUT2D eigenvalue weighted by Gasteiger charge is 1.83. The Hall–Kier alpha value is -0.630. The van der Waals surface area contributed by atoms with Gasteiger partial charge >= 0.3 is 0 Å². The van der Waals surface area contributed by atoms with Gasteiger partial charge in [0.2, 0.25) is 0 Å². The summed E-state index contributed by atoms with van der Waals surface area (Å²) >= 11 is 0. The fourth-order valence-electron chi connectivity index (χ4n) is 0.761. The van der Waals surface area contributed by atoms with Gasteiger partial charge in [-0.15, -0.1) is 0 Å². The lowest BCUT2D eigenvalue weighted by Gasteiger charge is -1.89. The van der Waals surface area contributed by atoms with Crippen LogP contribution in [-0.4, -0.2) is 12.8 Å². The highest BCUT2D eigenvalue weighted by molar-refractivity contribution is 5.87. The molecule has 0 unspecified atom stereocenters. The molecule has 0 aliphatic rings. The van der Waals surface area contributed by atoms with Crippen LogP contribution in [0.3, 0.4) is 0 Å². The van der Waals surface area contributed by atoms with E-state index in [1.807, 2.05) is 6.08 Å². The Bertz CT molecular complexity index is 119. The SMILES string of the molecule is CCCCCC=CC(C)=O.CN. The van der Waals surface area contributed by atoms with Crippen LogP contribution in [-0.2, 0) is 4.79 Å². The molecule has 0 spiro atoms. The van der Waals surface area contributed by atoms with E-state index in [9.17, 15) is 4.79 Å². The first-order valence-corrected chi connectivity index (χ1v) is 4.52. The third kappa shape index (κ3) is 16.2. The van der Waals surface area contributed by atoms with Gasteiger partial charge in [0.25, 0.3) is 0 Å². The summed E-state index contributed by atoms with van der Waals surface area (Å²) in [5, 5.41) is 0. The molecule has 0 aliphatic heterocycles. The van der Waals surface area contributed by atoms with Gasteiger partial charge in [-0.05, 0) is 32.9 Å². The van der Waals surface area contributed by atoms with Crippen LogP contribution < -0.4 is 5.73 Å². The molecule has 0 aromatic carbocycles. The highest BCUT2D eigenvalue weighted by Crippen LogP contribution is 1.99. The predicted molar refractivity (Wildman–Crippen MR) is 54.1 cm³/mol. The molecule has 2 heteroatoms. The molecule has 0 bridgehead atoms. The van der Waals surface area contributed by atoms with Crippen molar-refractivity contribution >= 4 is 5.78 Å². The number of ketones is 1. The zero-order valence-corrected chi connectivity index (χ0v) is 8.47. The van der Waals surface area contributed by atoms with Crippen molar-refractivity contribution in [1.29, 1.82) is 0 Å². The van der Waals surface area contributed by atoms with Gasteiger partial charge in [-0.2, -0.15) is 0 Å². The summed E-state index contributed by atoms with van der Waals surface area (Å²) in [6.45, 7) is 3.75. The number of rotatable bonds is 5. The van der Waals surface area contributed by atoms with E-state index in [1.165, 1.54) is 26.3 Å². The van der Waals surface area contributed by atoms with Crippen molar-refractivity contribution in [3.63, 3.8) is 0 Å². The van der Waals surface area contributed by atoms with Gasteiger partial charge in [-0.1, -0.05) is 25.8 Å². The summed E-state index contributed by atoms with van der Waals surface area (Å²) in [5.41, 5.74) is 4.50. The lowest BCUT2D eigenvalue weighted by molar-refractivity contribution is -0.112. The maximum absolute atomic E-state index is 10.4. The van der Waals surface area contributed by atoms with E-state index in [0.717, 1.165) is 6.42 Å². The van der Waals surface area contributed by atoms with Crippen LogP contribution in [0.5, 0.6) is 0 Å². The molecule has 0 saturated carbocycles. The molecule has 0 aromatic rings. The number of hydrogen-bond acceptors (Lipinski definition) is 2. The maximum atomic E-state index is 10.4. The minimum absolute atomic E-state index is 0.150. The molecule has 0 aromatic heterocycles. The zero-order valence-electron chi connectivity index (χ0n) is 8.47. The van der Waals surface area contributed by atoms with Crippen LogP contribution >= 0.6 is 0 Å². The van der Waals surface area contributed by atoms with E-state index in [0.29, 0.717) is 0 Å². The summed E-state index contributed by atoms with van der Waals surface area (Å²) < 4.78 is 0. The standard InChI is InChI=1S/C9H16O.CH5N/c1-3-4-5-6-7-8-9(2)10;1-2/h7-8H,3-6H2,1-2H3;2H2,1H3. The molecule has 12 heavy (non-hydrogen) atoms. The number of unbranched alkanes of at least 4 members (excludes halogenated alkanes) is 3. The Kier molecular flexibility index (Phi) is 15.1. The summed E-state index contributed by atoms with van der Waals surface area (Å²) in [4.78, 5) is 10.4. The average Bonchev–Trinajstić information content (AvgIpc) is 2.07. The first kappa shape index (κ1) is 13.9. The lowest BCUT2D eigenvalue weighted by atomic mass is 10.2. The summed E-state index contributed by atoms with van der Waals surface area (Å²) in [5.74, 6) is 0.150. The molecular formula is C10H21NO. The minimum atomic E-state index is 0.150. The zero-order chi connectivity index (χ0) is 9.82. The summed E-state index contributed by atoms with van der Waals surface area (Å²) in [6, 6.07) is 0. The first-order valence-electron chi connectivity index (χ1n) is 4.52. The number of carbonyl (C=O) groups is 1. The third-order valence-electron chi connectivity index (χ3n) is 1.33. The molecule has 0 saturated heterocycles. The van der Waals surface area contributed by atoms with Crippen molar-refractivity contribution in [3.05, 3.63) is 12.2 Å². The van der Waals surface area contributed by atoms with E-state index >= 15 is 0 Å². The Morgan fingerprint density at radius 3 is 2.33 bits per heavy atom. The molecule has 0 fully saturated rings. The molecule has 0 aliphatic carbocycles. The summed E-state index contributed by atoms with van der Waals surface area (Å²) in [7, 11) is 1.50. The molecule has 2 nitrogen and oxygen atoms in total. The second-order valence-corrected chi connectivity index (χ2v) is 2.51. The topological polar surface area (TPSA) is 43.1 Å². The van der Waals surface area contributed by atoms with Gasteiger partial charge in [0.15, 0.2) is 5.78 Å². The monoisotopic (exact) mass is 171 g/mol. The third-order valence-corrected chi connectivity index (χ3v) is 1.33. The fourth-order valence-corrected chi connectivity index (χ4v) is 0.761. The van der Waals surface area contributed by atoms with Gasteiger partial charge in [0.1, 0.15) is 0 Å². The Morgan fingerprint density at radius 1 is 1.33 bits per heavy atom. The molecule has 0 amide bonds. The lowest BCUT2D eigenvalue weighted by Crippen LogP contribution is -1.79. The van der Waals surface area contributed by atoms with Crippen molar-refractivity contribution in [3.8, 4) is 0 Å². The quantitative estimate of drug-likeness (QED) is 0.509. The number of carbonyl (C=O) groups excluding carboxylic acids is 1. The van der Waals surface area contributed by atoms with Crippen molar-refractivity contribution in [2.75, 3.05) is 7.05 Å². The Morgan fingerprint density at radius 2 is 1.92 bits per heavy atom. The van der Waals surface area contributed by atoms with Crippen molar-refractivity contribution in [1.82, 2.24) is 0 Å². The van der Waals surface area contributed by atoms with Gasteiger partial charge in [0.05, 0.1) is 0 Å². The molecular weight excluding hydrogens is 150 g/mol. The van der Waals surface area contributed by atoms with Crippen molar-refractivity contribution < 1.29 is 4.79 Å². The second kappa shape index (κ2) is 13.0. The van der Waals surface area contributed by atoms with Gasteiger partial charge in [-0.3, -0.25) is 4.79 Å². The second-order valence-electron chi connectivity index (χ2n) is 2.51. The number of nitrogens with two attached hydrogens (primary N) is 1. The fraction of sp³-hybridized carbons (Fsp3) is 0.700. The molecule has 72 valence electrons. The molecule has 2 N–H and O–H groups in total. The van der Waals surface area contributed by atoms with Crippen LogP contribution in [0, 0.1) is 0 Å². The Labute approximate surface area is 75.8 Å². The van der Waals surface area contributed by atoms with E-state index < -0.39 is 0 Å². The van der Waals surface area contributed by atoms with Crippen LogP contribution in [0.2, 0.25) is 0 Å². The van der Waals surface area contributed by atoms with Crippen LogP contribution in [0.25, 0.3) is 0 Å². The largest absolute Gasteiger partial charge is 0.333 e. The normalized spacial score (nSPS) is 9.33. The maximum Gasteiger partial charge on any atom is 0.152 e. The van der Waals surface area contributed by atoms with Gasteiger partial charge in [0, 0.05) is 0 Å². The van der Waals surface area contributed by atoms with E-state index in [1.54, 1.807) is 13.0 Å². The predicted octanol–water partition coefficient (Wildman–Crippen LogP) is 2.29. The van der Waals surface area contributed by atoms with E-state index in [-0.39, 0.29) is 5.78 Å². The number of allylic oxidation sites excluding steroid dienone is 2.